The molecule has 1 amide bonds. The van der Waals surface area contributed by atoms with Crippen LogP contribution >= 0.6 is 11.3 Å². The largest absolute Gasteiger partial charge is 0.493 e. The summed E-state index contributed by atoms with van der Waals surface area (Å²) in [7, 11) is 1.61. The zero-order valence-corrected chi connectivity index (χ0v) is 15.9. The lowest BCUT2D eigenvalue weighted by Gasteiger charge is -2.27. The van der Waals surface area contributed by atoms with Crippen molar-refractivity contribution in [3.63, 3.8) is 0 Å². The number of amides is 1. The Hall–Kier alpha value is -2.01. The lowest BCUT2D eigenvalue weighted by molar-refractivity contribution is 0.0735. The van der Waals surface area contributed by atoms with Gasteiger partial charge in [0.1, 0.15) is 0 Å². The maximum absolute atomic E-state index is 12.8. The molecule has 0 radical (unpaired) electrons. The number of thiophene rings is 1. The second-order valence-corrected chi connectivity index (χ2v) is 7.74. The number of rotatable bonds is 6. The van der Waals surface area contributed by atoms with Crippen LogP contribution in [0.5, 0.6) is 11.5 Å². The van der Waals surface area contributed by atoms with E-state index in [1.807, 2.05) is 17.0 Å². The van der Waals surface area contributed by atoms with Gasteiger partial charge in [-0.3, -0.25) is 4.79 Å². The van der Waals surface area contributed by atoms with Crippen molar-refractivity contribution in [2.45, 2.75) is 33.2 Å². The zero-order valence-electron chi connectivity index (χ0n) is 15.1. The monoisotopic (exact) mass is 359 g/mol. The molecule has 2 heterocycles. The minimum absolute atomic E-state index is 0.0453. The highest BCUT2D eigenvalue weighted by molar-refractivity contribution is 7.10. The molecule has 0 N–H and O–H groups in total. The van der Waals surface area contributed by atoms with Crippen LogP contribution in [0, 0.1) is 5.92 Å². The van der Waals surface area contributed by atoms with Crippen molar-refractivity contribution in [3.05, 3.63) is 45.6 Å². The molecular formula is C20H25NO3S. The van der Waals surface area contributed by atoms with E-state index in [0.717, 1.165) is 19.4 Å². The third-order valence-corrected chi connectivity index (χ3v) is 5.48. The van der Waals surface area contributed by atoms with Gasteiger partial charge in [-0.05, 0) is 54.0 Å². The molecule has 0 spiro atoms. The smallest absolute Gasteiger partial charge is 0.254 e. The molecule has 1 aromatic heterocycles. The third kappa shape index (κ3) is 4.15. The van der Waals surface area contributed by atoms with Gasteiger partial charge in [0.05, 0.1) is 13.7 Å². The van der Waals surface area contributed by atoms with Gasteiger partial charge in [-0.1, -0.05) is 13.8 Å². The Kier molecular flexibility index (Phi) is 5.63. The number of ether oxygens (including phenoxy) is 2. The second-order valence-electron chi connectivity index (χ2n) is 6.74. The molecule has 0 unspecified atom stereocenters. The van der Waals surface area contributed by atoms with Crippen LogP contribution in [-0.4, -0.2) is 31.1 Å². The van der Waals surface area contributed by atoms with Gasteiger partial charge in [-0.25, -0.2) is 0 Å². The van der Waals surface area contributed by atoms with Crippen molar-refractivity contribution in [1.29, 1.82) is 0 Å². The molecule has 134 valence electrons. The fourth-order valence-corrected chi connectivity index (χ4v) is 3.82. The van der Waals surface area contributed by atoms with Gasteiger partial charge >= 0.3 is 0 Å². The van der Waals surface area contributed by atoms with Gasteiger partial charge in [0.15, 0.2) is 11.5 Å². The minimum atomic E-state index is 0.0453. The van der Waals surface area contributed by atoms with E-state index in [-0.39, 0.29) is 5.91 Å². The number of methoxy groups -OCH3 is 1. The summed E-state index contributed by atoms with van der Waals surface area (Å²) in [6.07, 6.45) is 1.92. The lowest BCUT2D eigenvalue weighted by atomic mass is 10.1. The molecule has 1 aliphatic heterocycles. The van der Waals surface area contributed by atoms with Gasteiger partial charge < -0.3 is 14.4 Å². The average Bonchev–Trinajstić information content (AvgIpc) is 3.08. The maximum Gasteiger partial charge on any atom is 0.254 e. The van der Waals surface area contributed by atoms with Gasteiger partial charge in [0, 0.05) is 23.5 Å². The van der Waals surface area contributed by atoms with Crippen molar-refractivity contribution in [3.8, 4) is 11.5 Å². The minimum Gasteiger partial charge on any atom is -0.493 e. The van der Waals surface area contributed by atoms with E-state index in [2.05, 4.69) is 25.3 Å². The molecule has 0 saturated heterocycles. The summed E-state index contributed by atoms with van der Waals surface area (Å²) in [5, 5.41) is 2.10. The van der Waals surface area contributed by atoms with Crippen LogP contribution < -0.4 is 9.47 Å². The van der Waals surface area contributed by atoms with E-state index in [1.165, 1.54) is 10.4 Å². The topological polar surface area (TPSA) is 38.8 Å². The number of benzene rings is 1. The number of carbonyl (C=O) groups excluding carboxylic acids is 1. The van der Waals surface area contributed by atoms with Gasteiger partial charge in [0.2, 0.25) is 0 Å². The number of hydrogen-bond acceptors (Lipinski definition) is 4. The molecule has 5 heteroatoms. The van der Waals surface area contributed by atoms with Crippen LogP contribution in [-0.2, 0) is 13.0 Å². The normalized spacial score (nSPS) is 13.7. The molecule has 3 rings (SSSR count). The second kappa shape index (κ2) is 7.91. The summed E-state index contributed by atoms with van der Waals surface area (Å²) in [5.41, 5.74) is 1.91. The lowest BCUT2D eigenvalue weighted by Crippen LogP contribution is -2.35. The molecule has 0 saturated carbocycles. The Morgan fingerprint density at radius 2 is 2.12 bits per heavy atom. The number of fused-ring (bicyclic) bond motifs is 1. The van der Waals surface area contributed by atoms with Crippen molar-refractivity contribution in [1.82, 2.24) is 4.90 Å². The first-order valence-electron chi connectivity index (χ1n) is 8.74. The van der Waals surface area contributed by atoms with Crippen molar-refractivity contribution < 1.29 is 14.3 Å². The zero-order chi connectivity index (χ0) is 17.8. The van der Waals surface area contributed by atoms with Crippen molar-refractivity contribution in [2.24, 2.45) is 5.92 Å². The number of nitrogens with zero attached hydrogens (tertiary/aromatic N) is 1. The summed E-state index contributed by atoms with van der Waals surface area (Å²) < 4.78 is 11.2. The third-order valence-electron chi connectivity index (χ3n) is 4.46. The predicted octanol–water partition coefficient (Wildman–Crippen LogP) is 4.38. The Bertz CT molecular complexity index is 738. The first-order chi connectivity index (χ1) is 12.1. The predicted molar refractivity (Wildman–Crippen MR) is 101 cm³/mol. The number of hydrogen-bond donors (Lipinski definition) is 0. The number of carbonyl (C=O) groups is 1. The van der Waals surface area contributed by atoms with Gasteiger partial charge in [0.25, 0.3) is 5.91 Å². The van der Waals surface area contributed by atoms with Gasteiger partial charge in [-0.2, -0.15) is 0 Å². The molecule has 0 atom stereocenters. The Labute approximate surface area is 153 Å². The van der Waals surface area contributed by atoms with Crippen LogP contribution in [0.25, 0.3) is 0 Å². The van der Waals surface area contributed by atoms with Crippen LogP contribution in [0.3, 0.4) is 0 Å². The summed E-state index contributed by atoms with van der Waals surface area (Å²) in [6, 6.07) is 7.58. The first kappa shape index (κ1) is 17.8. The van der Waals surface area contributed by atoms with E-state index in [0.29, 0.717) is 36.1 Å². The molecule has 4 nitrogen and oxygen atoms in total. The molecule has 25 heavy (non-hydrogen) atoms. The standard InChI is InChI=1S/C20H25NO3S/c1-14(2)7-10-24-17-5-4-15(12-18(17)23-3)20(22)21-9-6-19-16(13-21)8-11-25-19/h4-5,8,11-12,14H,6-7,9-10,13H2,1-3H3. The van der Waals surface area contributed by atoms with Crippen LogP contribution in [0.4, 0.5) is 0 Å². The Balaban J connectivity index is 1.71. The van der Waals surface area contributed by atoms with Crippen molar-refractivity contribution >= 4 is 17.2 Å². The van der Waals surface area contributed by atoms with Crippen LogP contribution in [0.1, 0.15) is 41.1 Å². The summed E-state index contributed by atoms with van der Waals surface area (Å²) in [6.45, 7) is 6.43. The van der Waals surface area contributed by atoms with Gasteiger partial charge in [-0.15, -0.1) is 11.3 Å². The first-order valence-corrected chi connectivity index (χ1v) is 9.61. The summed E-state index contributed by atoms with van der Waals surface area (Å²) in [4.78, 5) is 16.2. The molecule has 1 aliphatic rings. The SMILES string of the molecule is COc1cc(C(=O)N2CCc3sccc3C2)ccc1OCCC(C)C. The molecule has 0 bridgehead atoms. The van der Waals surface area contributed by atoms with Crippen molar-refractivity contribution in [2.75, 3.05) is 20.3 Å². The fraction of sp³-hybridized carbons (Fsp3) is 0.450. The average molecular weight is 359 g/mol. The molecular weight excluding hydrogens is 334 g/mol. The van der Waals surface area contributed by atoms with Crippen LogP contribution in [0.15, 0.2) is 29.6 Å². The molecule has 0 aliphatic carbocycles. The fourth-order valence-electron chi connectivity index (χ4n) is 2.93. The Morgan fingerprint density at radius 3 is 2.88 bits per heavy atom. The van der Waals surface area contributed by atoms with E-state index in [9.17, 15) is 4.79 Å². The van der Waals surface area contributed by atoms with Crippen LogP contribution in [0.2, 0.25) is 0 Å². The molecule has 2 aromatic rings. The summed E-state index contributed by atoms with van der Waals surface area (Å²) in [5.74, 6) is 1.94. The summed E-state index contributed by atoms with van der Waals surface area (Å²) >= 11 is 1.78. The van der Waals surface area contributed by atoms with E-state index < -0.39 is 0 Å². The van der Waals surface area contributed by atoms with E-state index in [1.54, 1.807) is 24.5 Å². The van der Waals surface area contributed by atoms with E-state index >= 15 is 0 Å². The Morgan fingerprint density at radius 1 is 1.28 bits per heavy atom. The quantitative estimate of drug-likeness (QED) is 0.768. The highest BCUT2D eigenvalue weighted by atomic mass is 32.1. The van der Waals surface area contributed by atoms with E-state index in [4.69, 9.17) is 9.47 Å². The highest BCUT2D eigenvalue weighted by Gasteiger charge is 2.23. The maximum atomic E-state index is 12.8. The molecule has 1 aromatic carbocycles. The highest BCUT2D eigenvalue weighted by Crippen LogP contribution is 2.30. The molecule has 0 fully saturated rings.